The van der Waals surface area contributed by atoms with Crippen molar-refractivity contribution in [1.82, 2.24) is 0 Å². The molecule has 0 aliphatic heterocycles. The molecule has 0 saturated heterocycles. The van der Waals surface area contributed by atoms with Crippen molar-refractivity contribution in [3.05, 3.63) is 0 Å². The topological polar surface area (TPSA) is 53.7 Å². The highest BCUT2D eigenvalue weighted by Crippen LogP contribution is 1.94. The molecule has 0 aromatic carbocycles. The van der Waals surface area contributed by atoms with E-state index in [0.717, 1.165) is 26.1 Å². The third-order valence-corrected chi connectivity index (χ3v) is 1.96. The Kier molecular flexibility index (Phi) is 10.3. The zero-order chi connectivity index (χ0) is 11.5. The number of unbranched alkanes of at least 4 members (excludes halogenated alkanes) is 1. The van der Waals surface area contributed by atoms with Gasteiger partial charge in [-0.1, -0.05) is 0 Å². The standard InChI is InChI=1S/C11H25NO3/c1-10(12)8-14-6-4-5-7-15-9-11(2)13-3/h10-11H,4-9,12H2,1-3H3. The molecule has 0 radical (unpaired) electrons. The van der Waals surface area contributed by atoms with Gasteiger partial charge in [-0.2, -0.15) is 0 Å². The zero-order valence-electron chi connectivity index (χ0n) is 10.2. The highest BCUT2D eigenvalue weighted by Gasteiger charge is 1.98. The largest absolute Gasteiger partial charge is 0.380 e. The number of hydrogen-bond acceptors (Lipinski definition) is 4. The Hall–Kier alpha value is -0.160. The summed E-state index contributed by atoms with van der Waals surface area (Å²) in [6, 6.07) is 0.129. The smallest absolute Gasteiger partial charge is 0.0776 e. The molecular formula is C11H25NO3. The second-order valence-corrected chi connectivity index (χ2v) is 3.88. The van der Waals surface area contributed by atoms with E-state index in [4.69, 9.17) is 19.9 Å². The molecule has 0 aromatic heterocycles. The minimum atomic E-state index is 0.129. The van der Waals surface area contributed by atoms with Crippen molar-refractivity contribution in [2.45, 2.75) is 38.8 Å². The first-order chi connectivity index (χ1) is 7.16. The second-order valence-electron chi connectivity index (χ2n) is 3.88. The Morgan fingerprint density at radius 3 is 2.00 bits per heavy atom. The minimum Gasteiger partial charge on any atom is -0.380 e. The molecule has 0 heterocycles. The van der Waals surface area contributed by atoms with Gasteiger partial charge in [-0.15, -0.1) is 0 Å². The van der Waals surface area contributed by atoms with E-state index in [-0.39, 0.29) is 12.1 Å². The van der Waals surface area contributed by atoms with Crippen LogP contribution in [0.2, 0.25) is 0 Å². The van der Waals surface area contributed by atoms with Crippen molar-refractivity contribution in [3.8, 4) is 0 Å². The number of methoxy groups -OCH3 is 1. The number of nitrogens with two attached hydrogens (primary N) is 1. The summed E-state index contributed by atoms with van der Waals surface area (Å²) < 4.78 is 15.8. The molecule has 0 amide bonds. The van der Waals surface area contributed by atoms with E-state index in [1.54, 1.807) is 7.11 Å². The van der Waals surface area contributed by atoms with Gasteiger partial charge in [-0.3, -0.25) is 0 Å². The van der Waals surface area contributed by atoms with E-state index < -0.39 is 0 Å². The fourth-order valence-electron chi connectivity index (χ4n) is 0.995. The van der Waals surface area contributed by atoms with Crippen LogP contribution in [-0.4, -0.2) is 45.7 Å². The lowest BCUT2D eigenvalue weighted by molar-refractivity contribution is 0.0153. The summed E-state index contributed by atoms with van der Waals surface area (Å²) in [4.78, 5) is 0. The van der Waals surface area contributed by atoms with Gasteiger partial charge in [0.25, 0.3) is 0 Å². The Bertz CT molecular complexity index is 131. The van der Waals surface area contributed by atoms with Crippen molar-refractivity contribution >= 4 is 0 Å². The lowest BCUT2D eigenvalue weighted by atomic mass is 10.3. The predicted octanol–water partition coefficient (Wildman–Crippen LogP) is 1.18. The summed E-state index contributed by atoms with van der Waals surface area (Å²) in [7, 11) is 1.69. The van der Waals surface area contributed by atoms with Crippen LogP contribution in [0, 0.1) is 0 Å². The maximum atomic E-state index is 5.54. The average molecular weight is 219 g/mol. The van der Waals surface area contributed by atoms with Crippen LogP contribution in [0.5, 0.6) is 0 Å². The van der Waals surface area contributed by atoms with E-state index in [1.165, 1.54) is 0 Å². The Morgan fingerprint density at radius 1 is 1.00 bits per heavy atom. The monoisotopic (exact) mass is 219 g/mol. The van der Waals surface area contributed by atoms with Gasteiger partial charge in [0.1, 0.15) is 0 Å². The SMILES string of the molecule is COC(C)COCCCCOCC(C)N. The van der Waals surface area contributed by atoms with Crippen LogP contribution < -0.4 is 5.73 Å². The molecule has 0 aliphatic carbocycles. The second kappa shape index (κ2) is 10.4. The molecule has 0 aromatic rings. The minimum absolute atomic E-state index is 0.129. The van der Waals surface area contributed by atoms with Crippen LogP contribution in [0.3, 0.4) is 0 Å². The molecule has 0 fully saturated rings. The van der Waals surface area contributed by atoms with Crippen LogP contribution in [0.15, 0.2) is 0 Å². The van der Waals surface area contributed by atoms with E-state index in [1.807, 2.05) is 13.8 Å². The van der Waals surface area contributed by atoms with Crippen molar-refractivity contribution in [2.75, 3.05) is 33.5 Å². The van der Waals surface area contributed by atoms with Gasteiger partial charge in [0.2, 0.25) is 0 Å². The molecule has 0 spiro atoms. The summed E-state index contributed by atoms with van der Waals surface area (Å²) in [5, 5.41) is 0. The van der Waals surface area contributed by atoms with E-state index in [9.17, 15) is 0 Å². The van der Waals surface area contributed by atoms with Crippen molar-refractivity contribution < 1.29 is 14.2 Å². The molecule has 2 N–H and O–H groups in total. The van der Waals surface area contributed by atoms with Gasteiger partial charge in [0, 0.05) is 26.4 Å². The molecule has 4 nitrogen and oxygen atoms in total. The van der Waals surface area contributed by atoms with Crippen molar-refractivity contribution in [2.24, 2.45) is 5.73 Å². The third kappa shape index (κ3) is 11.8. The van der Waals surface area contributed by atoms with Gasteiger partial charge >= 0.3 is 0 Å². The lowest BCUT2D eigenvalue weighted by Crippen LogP contribution is -2.22. The summed E-state index contributed by atoms with van der Waals surface area (Å²) in [6.07, 6.45) is 2.23. The van der Waals surface area contributed by atoms with Crippen LogP contribution in [-0.2, 0) is 14.2 Å². The van der Waals surface area contributed by atoms with Gasteiger partial charge < -0.3 is 19.9 Å². The molecule has 4 heteroatoms. The maximum absolute atomic E-state index is 5.54. The summed E-state index contributed by atoms with van der Waals surface area (Å²) >= 11 is 0. The predicted molar refractivity (Wildman–Crippen MR) is 61.0 cm³/mol. The van der Waals surface area contributed by atoms with E-state index >= 15 is 0 Å². The van der Waals surface area contributed by atoms with Crippen LogP contribution in [0.1, 0.15) is 26.7 Å². The summed E-state index contributed by atoms with van der Waals surface area (Å²) in [5.41, 5.74) is 5.54. The van der Waals surface area contributed by atoms with Crippen LogP contribution in [0.25, 0.3) is 0 Å². The Balaban J connectivity index is 2.99. The first-order valence-corrected chi connectivity index (χ1v) is 5.60. The quantitative estimate of drug-likeness (QED) is 0.561. The number of hydrogen-bond donors (Lipinski definition) is 1. The summed E-state index contributed by atoms with van der Waals surface area (Å²) in [6.45, 7) is 6.78. The Labute approximate surface area is 93.1 Å². The van der Waals surface area contributed by atoms with Gasteiger partial charge in [0.05, 0.1) is 19.3 Å². The highest BCUT2D eigenvalue weighted by atomic mass is 16.5. The molecule has 0 rings (SSSR count). The molecular weight excluding hydrogens is 194 g/mol. The third-order valence-electron chi connectivity index (χ3n) is 1.96. The van der Waals surface area contributed by atoms with Gasteiger partial charge in [0.15, 0.2) is 0 Å². The van der Waals surface area contributed by atoms with Crippen LogP contribution in [0.4, 0.5) is 0 Å². The van der Waals surface area contributed by atoms with Gasteiger partial charge in [-0.05, 0) is 26.7 Å². The fourth-order valence-corrected chi connectivity index (χ4v) is 0.995. The van der Waals surface area contributed by atoms with E-state index in [0.29, 0.717) is 13.2 Å². The average Bonchev–Trinajstić information content (AvgIpc) is 2.21. The van der Waals surface area contributed by atoms with E-state index in [2.05, 4.69) is 0 Å². The molecule has 0 bridgehead atoms. The zero-order valence-corrected chi connectivity index (χ0v) is 10.2. The molecule has 15 heavy (non-hydrogen) atoms. The van der Waals surface area contributed by atoms with Gasteiger partial charge in [-0.25, -0.2) is 0 Å². The fraction of sp³-hybridized carbons (Fsp3) is 1.00. The van der Waals surface area contributed by atoms with Crippen molar-refractivity contribution in [1.29, 1.82) is 0 Å². The van der Waals surface area contributed by atoms with Crippen molar-refractivity contribution in [3.63, 3.8) is 0 Å². The number of ether oxygens (including phenoxy) is 3. The molecule has 0 aliphatic rings. The lowest BCUT2D eigenvalue weighted by Gasteiger charge is -2.10. The number of rotatable bonds is 10. The maximum Gasteiger partial charge on any atom is 0.0776 e. The molecule has 2 atom stereocenters. The first-order valence-electron chi connectivity index (χ1n) is 5.60. The Morgan fingerprint density at radius 2 is 1.53 bits per heavy atom. The molecule has 2 unspecified atom stereocenters. The highest BCUT2D eigenvalue weighted by molar-refractivity contribution is 4.49. The molecule has 92 valence electrons. The molecule has 0 saturated carbocycles. The first kappa shape index (κ1) is 14.8. The normalized spacial score (nSPS) is 15.2. The van der Waals surface area contributed by atoms with Crippen LogP contribution >= 0.6 is 0 Å². The summed E-state index contributed by atoms with van der Waals surface area (Å²) in [5.74, 6) is 0.